The molecule has 0 aliphatic heterocycles. The Balaban J connectivity index is 0.000000399. The molecule has 0 radical (unpaired) electrons. The summed E-state index contributed by atoms with van der Waals surface area (Å²) in [5, 5.41) is 0. The van der Waals surface area contributed by atoms with Gasteiger partial charge in [-0.25, -0.2) is 4.98 Å². The Kier molecular flexibility index (Phi) is 6.34. The molecule has 0 unspecified atom stereocenters. The third-order valence-corrected chi connectivity index (χ3v) is 3.50. The van der Waals surface area contributed by atoms with Crippen LogP contribution in [-0.4, -0.2) is 7.25 Å². The predicted octanol–water partition coefficient (Wildman–Crippen LogP) is 5.70. The molecular weight excluding hydrogens is 329 g/mol. The van der Waals surface area contributed by atoms with Crippen LogP contribution >= 0.6 is 0 Å². The highest BCUT2D eigenvalue weighted by Gasteiger charge is 2.20. The summed E-state index contributed by atoms with van der Waals surface area (Å²) in [6, 6.07) is 25.5. The van der Waals surface area contributed by atoms with Gasteiger partial charge >= 0.3 is 7.25 Å². The number of H-pyrrole nitrogens is 1. The molecule has 0 fully saturated rings. The molecule has 0 bridgehead atoms. The monoisotopic (exact) mass is 347 g/mol. The van der Waals surface area contributed by atoms with E-state index in [0.717, 1.165) is 6.42 Å². The Morgan fingerprint density at radius 2 is 1.20 bits per heavy atom. The van der Waals surface area contributed by atoms with Gasteiger partial charge in [0, 0.05) is 24.1 Å². The Bertz CT molecular complexity index is 726. The quantitative estimate of drug-likeness (QED) is 0.426. The van der Waals surface area contributed by atoms with Gasteiger partial charge in [0.15, 0.2) is 5.69 Å². The van der Waals surface area contributed by atoms with E-state index in [9.17, 15) is 17.3 Å². The van der Waals surface area contributed by atoms with Crippen molar-refractivity contribution in [1.29, 1.82) is 0 Å². The number of aromatic amines is 1. The van der Waals surface area contributed by atoms with Gasteiger partial charge in [0.1, 0.15) is 0 Å². The molecule has 6 heteroatoms. The molecule has 0 aliphatic rings. The summed E-state index contributed by atoms with van der Waals surface area (Å²) in [6.45, 7) is 2.18. The lowest BCUT2D eigenvalue weighted by atomic mass is 10.0. The van der Waals surface area contributed by atoms with Crippen LogP contribution in [-0.2, 0) is 6.42 Å². The number of halogens is 4. The van der Waals surface area contributed by atoms with Gasteiger partial charge < -0.3 is 17.3 Å². The van der Waals surface area contributed by atoms with E-state index >= 15 is 0 Å². The zero-order valence-corrected chi connectivity index (χ0v) is 13.7. The van der Waals surface area contributed by atoms with Gasteiger partial charge in [-0.3, -0.25) is 0 Å². The zero-order valence-electron chi connectivity index (χ0n) is 13.7. The normalized spacial score (nSPS) is 10.8. The Morgan fingerprint density at radius 1 is 0.720 bits per heavy atom. The third-order valence-electron chi connectivity index (χ3n) is 3.50. The Labute approximate surface area is 144 Å². The van der Waals surface area contributed by atoms with Crippen LogP contribution in [0.3, 0.4) is 0 Å². The fourth-order valence-electron chi connectivity index (χ4n) is 2.39. The largest absolute Gasteiger partial charge is 0.673 e. The van der Waals surface area contributed by atoms with Crippen molar-refractivity contribution in [2.75, 3.05) is 0 Å². The highest BCUT2D eigenvalue weighted by atomic mass is 19.5. The molecule has 1 aromatic heterocycles. The lowest BCUT2D eigenvalue weighted by Gasteiger charge is -2.04. The minimum Gasteiger partial charge on any atom is -0.418 e. The molecule has 0 amide bonds. The number of hydrogen-bond donors (Lipinski definition) is 0. The van der Waals surface area contributed by atoms with Gasteiger partial charge in [0.2, 0.25) is 5.69 Å². The third kappa shape index (κ3) is 6.41. The highest BCUT2D eigenvalue weighted by Crippen LogP contribution is 2.23. The Hall–Kier alpha value is -2.63. The average molecular weight is 347 g/mol. The van der Waals surface area contributed by atoms with E-state index in [-0.39, 0.29) is 0 Å². The summed E-state index contributed by atoms with van der Waals surface area (Å²) < 4.78 is 39.0. The maximum Gasteiger partial charge on any atom is 0.673 e. The number of benzene rings is 2. The molecule has 0 saturated carbocycles. The van der Waals surface area contributed by atoms with Gasteiger partial charge in [-0.2, -0.15) is 0 Å². The summed E-state index contributed by atoms with van der Waals surface area (Å²) >= 11 is 0. The summed E-state index contributed by atoms with van der Waals surface area (Å²) in [5.74, 6) is 0. The average Bonchev–Trinajstić information content (AvgIpc) is 2.61. The van der Waals surface area contributed by atoms with Gasteiger partial charge in [0.25, 0.3) is 0 Å². The van der Waals surface area contributed by atoms with E-state index in [1.54, 1.807) is 0 Å². The molecule has 0 aliphatic carbocycles. The number of nitrogens with one attached hydrogen (secondary N) is 1. The van der Waals surface area contributed by atoms with E-state index in [1.165, 1.54) is 28.1 Å². The molecule has 1 N–H and O–H groups in total. The number of pyridine rings is 1. The van der Waals surface area contributed by atoms with Crippen LogP contribution in [0, 0.1) is 0 Å². The first-order valence-electron chi connectivity index (χ1n) is 7.91. The minimum atomic E-state index is -6.00. The lowest BCUT2D eigenvalue weighted by Crippen LogP contribution is -2.13. The van der Waals surface area contributed by atoms with Crippen molar-refractivity contribution in [2.45, 2.75) is 13.3 Å². The molecule has 25 heavy (non-hydrogen) atoms. The molecule has 3 aromatic rings. The second-order valence-electron chi connectivity index (χ2n) is 5.39. The highest BCUT2D eigenvalue weighted by molar-refractivity contribution is 6.50. The standard InChI is InChI=1S/C19H17N.BF4/c1-2-18-13-17(15-9-5-3-6-10-15)14-19(20-18)16-11-7-4-8-12-16;2-1(3,4)5/h3-14H,2H2,1H3;/q;-1/p+1. The second kappa shape index (κ2) is 8.47. The van der Waals surface area contributed by atoms with Gasteiger partial charge in [-0.1, -0.05) is 55.5 Å². The first-order valence-corrected chi connectivity index (χ1v) is 7.91. The van der Waals surface area contributed by atoms with Gasteiger partial charge in [-0.15, -0.1) is 0 Å². The topological polar surface area (TPSA) is 14.1 Å². The van der Waals surface area contributed by atoms with Crippen molar-refractivity contribution < 1.29 is 22.2 Å². The fourth-order valence-corrected chi connectivity index (χ4v) is 2.39. The van der Waals surface area contributed by atoms with Crippen LogP contribution in [0.4, 0.5) is 17.3 Å². The molecule has 1 nitrogen and oxygen atoms in total. The minimum absolute atomic E-state index is 1.00. The molecule has 3 rings (SSSR count). The van der Waals surface area contributed by atoms with Crippen molar-refractivity contribution in [3.8, 4) is 22.4 Å². The summed E-state index contributed by atoms with van der Waals surface area (Å²) in [6.07, 6.45) is 1.00. The number of hydrogen-bond acceptors (Lipinski definition) is 0. The van der Waals surface area contributed by atoms with Gasteiger partial charge in [-0.05, 0) is 23.3 Å². The molecule has 2 aromatic carbocycles. The molecule has 0 saturated heterocycles. The number of aromatic nitrogens is 1. The van der Waals surface area contributed by atoms with E-state index in [1.807, 2.05) is 6.07 Å². The van der Waals surface area contributed by atoms with Crippen LogP contribution in [0.2, 0.25) is 0 Å². The predicted molar refractivity (Wildman–Crippen MR) is 93.4 cm³/mol. The summed E-state index contributed by atoms with van der Waals surface area (Å²) in [4.78, 5) is 3.52. The molecule has 0 spiro atoms. The molecule has 1 heterocycles. The van der Waals surface area contributed by atoms with Crippen LogP contribution in [0.1, 0.15) is 12.6 Å². The first kappa shape index (κ1) is 18.7. The van der Waals surface area contributed by atoms with E-state index < -0.39 is 7.25 Å². The van der Waals surface area contributed by atoms with Crippen LogP contribution in [0.25, 0.3) is 22.4 Å². The van der Waals surface area contributed by atoms with E-state index in [0.29, 0.717) is 0 Å². The van der Waals surface area contributed by atoms with Crippen molar-refractivity contribution >= 4 is 7.25 Å². The van der Waals surface area contributed by atoms with Crippen molar-refractivity contribution in [2.24, 2.45) is 0 Å². The van der Waals surface area contributed by atoms with Crippen molar-refractivity contribution in [1.82, 2.24) is 0 Å². The Morgan fingerprint density at radius 3 is 1.68 bits per heavy atom. The molecule has 0 atom stereocenters. The summed E-state index contributed by atoms with van der Waals surface area (Å²) in [7, 11) is -6.00. The van der Waals surface area contributed by atoms with Crippen LogP contribution < -0.4 is 4.98 Å². The van der Waals surface area contributed by atoms with Crippen LogP contribution in [0.15, 0.2) is 72.8 Å². The number of aryl methyl sites for hydroxylation is 1. The van der Waals surface area contributed by atoms with E-state index in [4.69, 9.17) is 0 Å². The smallest absolute Gasteiger partial charge is 0.418 e. The second-order valence-corrected chi connectivity index (χ2v) is 5.39. The fraction of sp³-hybridized carbons (Fsp3) is 0.105. The maximum absolute atomic E-state index is 9.75. The maximum atomic E-state index is 9.75. The zero-order chi connectivity index (χ0) is 18.3. The SMILES string of the molecule is CCc1cc(-c2ccccc2)cc(-c2ccccc2)[nH+]1.F[B-](F)(F)F. The van der Waals surface area contributed by atoms with Crippen molar-refractivity contribution in [3.05, 3.63) is 78.5 Å². The van der Waals surface area contributed by atoms with Gasteiger partial charge in [0.05, 0.1) is 0 Å². The van der Waals surface area contributed by atoms with Crippen LogP contribution in [0.5, 0.6) is 0 Å². The molecule has 130 valence electrons. The van der Waals surface area contributed by atoms with E-state index in [2.05, 4.69) is 78.6 Å². The summed E-state index contributed by atoms with van der Waals surface area (Å²) in [5.41, 5.74) is 6.17. The lowest BCUT2D eigenvalue weighted by molar-refractivity contribution is -0.376. The van der Waals surface area contributed by atoms with Crippen molar-refractivity contribution in [3.63, 3.8) is 0 Å². The number of rotatable bonds is 3. The molecular formula is C19H18BF4N. The first-order chi connectivity index (χ1) is 11.9.